The number of hydrogen-bond donors (Lipinski definition) is 1. The van der Waals surface area contributed by atoms with Gasteiger partial charge in [0.25, 0.3) is 6.43 Å². The highest BCUT2D eigenvalue weighted by atomic mass is 19.3. The van der Waals surface area contributed by atoms with Crippen molar-refractivity contribution in [3.8, 4) is 0 Å². The van der Waals surface area contributed by atoms with Crippen molar-refractivity contribution in [3.05, 3.63) is 17.2 Å². The van der Waals surface area contributed by atoms with Crippen LogP contribution >= 0.6 is 0 Å². The van der Waals surface area contributed by atoms with Crippen LogP contribution in [0, 0.1) is 0 Å². The average Bonchev–Trinajstić information content (AvgIpc) is 2.56. The summed E-state index contributed by atoms with van der Waals surface area (Å²) in [6.45, 7) is 0.440. The molecule has 4 nitrogen and oxygen atoms in total. The van der Waals surface area contributed by atoms with E-state index in [9.17, 15) is 13.6 Å². The third kappa shape index (κ3) is 1.60. The standard InChI is InChI=1S/C9H10F2N2O2/c10-7(11)8-12-6(9(14)15)5-3-1-2-4-13(5)8/h7H,1-4H2,(H,14,15). The molecule has 82 valence electrons. The molecule has 1 aromatic rings. The lowest BCUT2D eigenvalue weighted by Crippen LogP contribution is -2.14. The summed E-state index contributed by atoms with van der Waals surface area (Å²) in [5, 5.41) is 8.82. The zero-order valence-electron chi connectivity index (χ0n) is 7.91. The maximum Gasteiger partial charge on any atom is 0.356 e. The SMILES string of the molecule is O=C(O)c1nc(C(F)F)n2c1CCCC2. The van der Waals surface area contributed by atoms with Gasteiger partial charge in [-0.3, -0.25) is 0 Å². The van der Waals surface area contributed by atoms with Crippen LogP contribution in [-0.4, -0.2) is 20.6 Å². The molecule has 0 radical (unpaired) electrons. The van der Waals surface area contributed by atoms with Gasteiger partial charge in [-0.15, -0.1) is 0 Å². The molecular weight excluding hydrogens is 206 g/mol. The number of alkyl halides is 2. The number of nitrogens with zero attached hydrogens (tertiary/aromatic N) is 2. The van der Waals surface area contributed by atoms with E-state index in [2.05, 4.69) is 4.98 Å². The molecular formula is C9H10F2N2O2. The highest BCUT2D eigenvalue weighted by Gasteiger charge is 2.27. The molecule has 0 unspecified atom stereocenters. The van der Waals surface area contributed by atoms with Crippen molar-refractivity contribution in [1.82, 2.24) is 9.55 Å². The topological polar surface area (TPSA) is 55.1 Å². The summed E-state index contributed by atoms with van der Waals surface area (Å²) in [5.41, 5.74) is 0.217. The summed E-state index contributed by atoms with van der Waals surface area (Å²) in [6.07, 6.45) is -0.576. The van der Waals surface area contributed by atoms with Crippen LogP contribution in [0.5, 0.6) is 0 Å². The summed E-state index contributed by atoms with van der Waals surface area (Å²) in [4.78, 5) is 14.3. The quantitative estimate of drug-likeness (QED) is 0.820. The first-order chi connectivity index (χ1) is 7.11. The van der Waals surface area contributed by atoms with E-state index < -0.39 is 18.2 Å². The molecule has 0 spiro atoms. The number of halogens is 2. The summed E-state index contributed by atoms with van der Waals surface area (Å²) < 4.78 is 26.5. The third-order valence-corrected chi connectivity index (χ3v) is 2.55. The number of imidazole rings is 1. The minimum absolute atomic E-state index is 0.218. The molecule has 0 saturated carbocycles. The molecule has 0 aromatic carbocycles. The lowest BCUT2D eigenvalue weighted by Gasteiger charge is -2.16. The Morgan fingerprint density at radius 2 is 2.20 bits per heavy atom. The summed E-state index contributed by atoms with van der Waals surface area (Å²) in [5.74, 6) is -1.64. The molecule has 0 amide bonds. The van der Waals surface area contributed by atoms with Gasteiger partial charge in [0, 0.05) is 6.54 Å². The monoisotopic (exact) mass is 216 g/mol. The molecule has 0 saturated heterocycles. The molecule has 15 heavy (non-hydrogen) atoms. The van der Waals surface area contributed by atoms with Crippen LogP contribution in [0.2, 0.25) is 0 Å². The predicted molar refractivity (Wildman–Crippen MR) is 47.1 cm³/mol. The Morgan fingerprint density at radius 3 is 2.80 bits per heavy atom. The number of carboxylic acid groups (broad SMARTS) is 1. The van der Waals surface area contributed by atoms with E-state index >= 15 is 0 Å². The van der Waals surface area contributed by atoms with E-state index in [1.54, 1.807) is 0 Å². The first-order valence-corrected chi connectivity index (χ1v) is 4.72. The van der Waals surface area contributed by atoms with Gasteiger partial charge in [-0.1, -0.05) is 0 Å². The maximum atomic E-state index is 12.6. The summed E-state index contributed by atoms with van der Waals surface area (Å²) in [6, 6.07) is 0. The smallest absolute Gasteiger partial charge is 0.356 e. The Morgan fingerprint density at radius 1 is 1.47 bits per heavy atom. The van der Waals surface area contributed by atoms with Gasteiger partial charge in [-0.2, -0.15) is 0 Å². The van der Waals surface area contributed by atoms with Crippen LogP contribution in [0.4, 0.5) is 8.78 Å². The van der Waals surface area contributed by atoms with E-state index in [0.717, 1.165) is 12.8 Å². The third-order valence-electron chi connectivity index (χ3n) is 2.55. The normalized spacial score (nSPS) is 15.4. The average molecular weight is 216 g/mol. The van der Waals surface area contributed by atoms with Gasteiger partial charge in [0.1, 0.15) is 0 Å². The first kappa shape index (κ1) is 10.1. The summed E-state index contributed by atoms with van der Waals surface area (Å²) in [7, 11) is 0. The van der Waals surface area contributed by atoms with Crippen LogP contribution in [0.3, 0.4) is 0 Å². The van der Waals surface area contributed by atoms with Gasteiger partial charge < -0.3 is 9.67 Å². The largest absolute Gasteiger partial charge is 0.476 e. The fourth-order valence-corrected chi connectivity index (χ4v) is 1.91. The second-order valence-corrected chi connectivity index (χ2v) is 3.48. The molecule has 1 aliphatic heterocycles. The van der Waals surface area contributed by atoms with Crippen LogP contribution in [-0.2, 0) is 13.0 Å². The van der Waals surface area contributed by atoms with Crippen molar-refractivity contribution >= 4 is 5.97 Å². The number of rotatable bonds is 2. The second-order valence-electron chi connectivity index (χ2n) is 3.48. The van der Waals surface area contributed by atoms with Crippen LogP contribution < -0.4 is 0 Å². The van der Waals surface area contributed by atoms with Gasteiger partial charge >= 0.3 is 5.97 Å². The molecule has 1 aliphatic rings. The minimum Gasteiger partial charge on any atom is -0.476 e. The molecule has 0 atom stereocenters. The van der Waals surface area contributed by atoms with E-state index in [1.165, 1.54) is 4.57 Å². The van der Waals surface area contributed by atoms with Gasteiger partial charge in [0.2, 0.25) is 0 Å². The van der Waals surface area contributed by atoms with Gasteiger partial charge in [-0.05, 0) is 19.3 Å². The van der Waals surface area contributed by atoms with Crippen molar-refractivity contribution in [2.45, 2.75) is 32.2 Å². The van der Waals surface area contributed by atoms with E-state index in [4.69, 9.17) is 5.11 Å². The lowest BCUT2D eigenvalue weighted by atomic mass is 10.1. The number of hydrogen-bond acceptors (Lipinski definition) is 2. The summed E-state index contributed by atoms with van der Waals surface area (Å²) >= 11 is 0. The van der Waals surface area contributed by atoms with Crippen molar-refractivity contribution in [2.75, 3.05) is 0 Å². The maximum absolute atomic E-state index is 12.6. The van der Waals surface area contributed by atoms with Gasteiger partial charge in [-0.25, -0.2) is 18.6 Å². The van der Waals surface area contributed by atoms with Crippen LogP contribution in [0.15, 0.2) is 0 Å². The molecule has 2 rings (SSSR count). The number of aromatic carboxylic acids is 1. The number of aromatic nitrogens is 2. The highest BCUT2D eigenvalue weighted by Crippen LogP contribution is 2.26. The second kappa shape index (κ2) is 3.60. The molecule has 1 N–H and O–H groups in total. The lowest BCUT2D eigenvalue weighted by molar-refractivity contribution is 0.0689. The number of fused-ring (bicyclic) bond motifs is 1. The Kier molecular flexibility index (Phi) is 2.42. The van der Waals surface area contributed by atoms with Crippen molar-refractivity contribution in [3.63, 3.8) is 0 Å². The number of carbonyl (C=O) groups is 1. The fourth-order valence-electron chi connectivity index (χ4n) is 1.91. The van der Waals surface area contributed by atoms with E-state index in [-0.39, 0.29) is 5.69 Å². The zero-order chi connectivity index (χ0) is 11.0. The first-order valence-electron chi connectivity index (χ1n) is 4.72. The Labute approximate surface area is 84.5 Å². The number of carboxylic acids is 1. The Hall–Kier alpha value is -1.46. The molecule has 0 fully saturated rings. The Balaban J connectivity index is 2.54. The van der Waals surface area contributed by atoms with E-state index in [0.29, 0.717) is 18.7 Å². The van der Waals surface area contributed by atoms with Crippen LogP contribution in [0.25, 0.3) is 0 Å². The molecule has 2 heterocycles. The fraction of sp³-hybridized carbons (Fsp3) is 0.556. The highest BCUT2D eigenvalue weighted by molar-refractivity contribution is 5.87. The van der Waals surface area contributed by atoms with Crippen molar-refractivity contribution < 1.29 is 18.7 Å². The van der Waals surface area contributed by atoms with Crippen LogP contribution in [0.1, 0.15) is 41.3 Å². The van der Waals surface area contributed by atoms with Crippen molar-refractivity contribution in [2.24, 2.45) is 0 Å². The molecule has 6 heteroatoms. The van der Waals surface area contributed by atoms with E-state index in [1.807, 2.05) is 0 Å². The Bertz CT molecular complexity index is 401. The van der Waals surface area contributed by atoms with Gasteiger partial charge in [0.15, 0.2) is 11.5 Å². The zero-order valence-corrected chi connectivity index (χ0v) is 7.91. The predicted octanol–water partition coefficient (Wildman–Crippen LogP) is 1.86. The molecule has 0 aliphatic carbocycles. The minimum atomic E-state index is -2.71. The van der Waals surface area contributed by atoms with Gasteiger partial charge in [0.05, 0.1) is 5.69 Å². The molecule has 0 bridgehead atoms. The van der Waals surface area contributed by atoms with Crippen molar-refractivity contribution in [1.29, 1.82) is 0 Å². The molecule has 1 aromatic heterocycles.